The first-order valence-corrected chi connectivity index (χ1v) is 7.29. The second-order valence-electron chi connectivity index (χ2n) is 5.36. The Morgan fingerprint density at radius 2 is 2.26 bits per heavy atom. The van der Waals surface area contributed by atoms with Crippen LogP contribution in [0, 0.1) is 11.7 Å². The molecule has 1 saturated heterocycles. The summed E-state index contributed by atoms with van der Waals surface area (Å²) in [6.07, 6.45) is 1.86. The highest BCUT2D eigenvalue weighted by molar-refractivity contribution is 5.89. The van der Waals surface area contributed by atoms with Crippen LogP contribution in [0.1, 0.15) is 12.8 Å². The van der Waals surface area contributed by atoms with Gasteiger partial charge in [0.05, 0.1) is 6.61 Å². The highest BCUT2D eigenvalue weighted by atomic mass is 19.3. The van der Waals surface area contributed by atoms with Gasteiger partial charge in [0.2, 0.25) is 0 Å². The maximum Gasteiger partial charge on any atom is 0.387 e. The average molecular weight is 332 g/mol. The highest BCUT2D eigenvalue weighted by Gasteiger charge is 2.23. The Labute approximate surface area is 132 Å². The molecule has 0 aromatic heterocycles. The lowest BCUT2D eigenvalue weighted by molar-refractivity contribution is -0.0521. The molecule has 0 saturated carbocycles. The van der Waals surface area contributed by atoms with Crippen molar-refractivity contribution in [3.05, 3.63) is 24.0 Å². The number of urea groups is 1. The Hall–Kier alpha value is -1.96. The monoisotopic (exact) mass is 332 g/mol. The van der Waals surface area contributed by atoms with Crippen molar-refractivity contribution >= 4 is 11.7 Å². The largest absolute Gasteiger partial charge is 0.432 e. The van der Waals surface area contributed by atoms with Gasteiger partial charge in [0.25, 0.3) is 0 Å². The number of alkyl halides is 2. The van der Waals surface area contributed by atoms with Crippen molar-refractivity contribution in [1.29, 1.82) is 0 Å². The van der Waals surface area contributed by atoms with Gasteiger partial charge < -0.3 is 19.7 Å². The Bertz CT molecular complexity index is 541. The van der Waals surface area contributed by atoms with Gasteiger partial charge in [0.1, 0.15) is 0 Å². The molecule has 23 heavy (non-hydrogen) atoms. The Kier molecular flexibility index (Phi) is 6.09. The summed E-state index contributed by atoms with van der Waals surface area (Å²) in [4.78, 5) is 13.8. The van der Waals surface area contributed by atoms with Crippen LogP contribution in [0.2, 0.25) is 0 Å². The molecule has 1 aromatic rings. The molecule has 1 unspecified atom stereocenters. The van der Waals surface area contributed by atoms with Crippen molar-refractivity contribution in [1.82, 2.24) is 4.90 Å². The van der Waals surface area contributed by atoms with E-state index in [9.17, 15) is 18.0 Å². The minimum absolute atomic E-state index is 0.183. The summed E-state index contributed by atoms with van der Waals surface area (Å²) in [6.45, 7) is -1.34. The molecule has 1 N–H and O–H groups in total. The molecule has 1 aliphatic rings. The second-order valence-corrected chi connectivity index (χ2v) is 5.36. The fourth-order valence-corrected chi connectivity index (χ4v) is 2.59. The number of ether oxygens (including phenoxy) is 2. The third-order valence-electron chi connectivity index (χ3n) is 3.61. The zero-order valence-electron chi connectivity index (χ0n) is 12.7. The van der Waals surface area contributed by atoms with E-state index in [0.717, 1.165) is 25.0 Å². The van der Waals surface area contributed by atoms with Crippen molar-refractivity contribution in [2.75, 3.05) is 32.1 Å². The average Bonchev–Trinajstić information content (AvgIpc) is 2.50. The van der Waals surface area contributed by atoms with Crippen molar-refractivity contribution < 1.29 is 27.4 Å². The predicted octanol–water partition coefficient (Wildman–Crippen LogP) is 3.32. The maximum absolute atomic E-state index is 13.6. The standard InChI is InChI=1S/C15H19F3N2O3/c1-22-9-10-3-2-6-20(8-10)15(21)19-11-4-5-13(12(16)7-11)23-14(17)18/h4-5,7,10,14H,2-3,6,8-9H2,1H3,(H,19,21). The molecule has 0 bridgehead atoms. The van der Waals surface area contributed by atoms with Crippen LogP contribution in [0.3, 0.4) is 0 Å². The summed E-state index contributed by atoms with van der Waals surface area (Å²) < 4.78 is 46.9. The van der Waals surface area contributed by atoms with Crippen LogP contribution >= 0.6 is 0 Å². The zero-order valence-corrected chi connectivity index (χ0v) is 12.7. The number of rotatable bonds is 5. The number of amides is 2. The van der Waals surface area contributed by atoms with Crippen molar-refractivity contribution in [3.63, 3.8) is 0 Å². The van der Waals surface area contributed by atoms with Crippen LogP contribution in [0.5, 0.6) is 5.75 Å². The van der Waals surface area contributed by atoms with Gasteiger partial charge in [-0.05, 0) is 25.0 Å². The molecule has 1 atom stereocenters. The van der Waals surface area contributed by atoms with Gasteiger partial charge in [0.15, 0.2) is 11.6 Å². The van der Waals surface area contributed by atoms with Gasteiger partial charge in [-0.1, -0.05) is 0 Å². The van der Waals surface area contributed by atoms with E-state index >= 15 is 0 Å². The molecule has 8 heteroatoms. The van der Waals surface area contributed by atoms with E-state index in [4.69, 9.17) is 4.74 Å². The molecule has 128 valence electrons. The quantitative estimate of drug-likeness (QED) is 0.900. The van der Waals surface area contributed by atoms with E-state index in [0.29, 0.717) is 19.7 Å². The van der Waals surface area contributed by atoms with E-state index in [1.165, 1.54) is 6.07 Å². The number of nitrogens with one attached hydrogen (secondary N) is 1. The number of carbonyl (C=O) groups excluding carboxylic acids is 1. The number of likely N-dealkylation sites (tertiary alicyclic amines) is 1. The second kappa shape index (κ2) is 8.05. The van der Waals surface area contributed by atoms with Gasteiger partial charge in [0, 0.05) is 37.9 Å². The number of hydrogen-bond donors (Lipinski definition) is 1. The third kappa shape index (κ3) is 5.02. The van der Waals surface area contributed by atoms with Gasteiger partial charge in [-0.15, -0.1) is 0 Å². The number of carbonyl (C=O) groups is 1. The van der Waals surface area contributed by atoms with Crippen molar-refractivity contribution in [2.45, 2.75) is 19.5 Å². The summed E-state index contributed by atoms with van der Waals surface area (Å²) in [5.74, 6) is -1.24. The number of benzene rings is 1. The molecular weight excluding hydrogens is 313 g/mol. The number of methoxy groups -OCH3 is 1. The summed E-state index contributed by atoms with van der Waals surface area (Å²) in [5.41, 5.74) is 0.183. The first kappa shape index (κ1) is 17.4. The number of piperidine rings is 1. The highest BCUT2D eigenvalue weighted by Crippen LogP contribution is 2.24. The first-order chi connectivity index (χ1) is 11.0. The van der Waals surface area contributed by atoms with Gasteiger partial charge in [-0.25, -0.2) is 9.18 Å². The Morgan fingerprint density at radius 3 is 2.91 bits per heavy atom. The normalized spacial score (nSPS) is 18.1. The lowest BCUT2D eigenvalue weighted by Gasteiger charge is -2.32. The zero-order chi connectivity index (χ0) is 16.8. The first-order valence-electron chi connectivity index (χ1n) is 7.29. The fraction of sp³-hybridized carbons (Fsp3) is 0.533. The third-order valence-corrected chi connectivity index (χ3v) is 3.61. The molecule has 2 rings (SSSR count). The molecule has 1 aromatic carbocycles. The fourth-order valence-electron chi connectivity index (χ4n) is 2.59. The summed E-state index contributed by atoms with van der Waals surface area (Å²) in [5, 5.41) is 2.56. The van der Waals surface area contributed by atoms with Crippen molar-refractivity contribution in [3.8, 4) is 5.75 Å². The molecule has 1 heterocycles. The SMILES string of the molecule is COCC1CCCN(C(=O)Nc2ccc(OC(F)F)c(F)c2)C1. The molecule has 0 aliphatic carbocycles. The predicted molar refractivity (Wildman–Crippen MR) is 78.2 cm³/mol. The minimum Gasteiger partial charge on any atom is -0.432 e. The Morgan fingerprint density at radius 1 is 1.48 bits per heavy atom. The van der Waals surface area contributed by atoms with Crippen LogP contribution in [-0.4, -0.2) is 44.3 Å². The molecule has 2 amide bonds. The number of anilines is 1. The maximum atomic E-state index is 13.6. The van der Waals surface area contributed by atoms with Gasteiger partial charge >= 0.3 is 12.6 Å². The number of nitrogens with zero attached hydrogens (tertiary/aromatic N) is 1. The van der Waals surface area contributed by atoms with E-state index in [1.807, 2.05) is 0 Å². The van der Waals surface area contributed by atoms with Crippen LogP contribution in [0.15, 0.2) is 18.2 Å². The van der Waals surface area contributed by atoms with E-state index < -0.39 is 18.2 Å². The summed E-state index contributed by atoms with van der Waals surface area (Å²) in [6, 6.07) is 2.97. The van der Waals surface area contributed by atoms with E-state index in [-0.39, 0.29) is 17.6 Å². The molecular formula is C15H19F3N2O3. The van der Waals surface area contributed by atoms with Crippen LogP contribution in [-0.2, 0) is 4.74 Å². The van der Waals surface area contributed by atoms with Gasteiger partial charge in [-0.2, -0.15) is 8.78 Å². The minimum atomic E-state index is -3.10. The lowest BCUT2D eigenvalue weighted by Crippen LogP contribution is -2.43. The molecule has 1 aliphatic heterocycles. The molecule has 1 fully saturated rings. The summed E-state index contributed by atoms with van der Waals surface area (Å²) >= 11 is 0. The molecule has 0 spiro atoms. The molecule has 0 radical (unpaired) electrons. The number of hydrogen-bond acceptors (Lipinski definition) is 3. The molecule has 5 nitrogen and oxygen atoms in total. The van der Waals surface area contributed by atoms with E-state index in [1.54, 1.807) is 12.0 Å². The van der Waals surface area contributed by atoms with E-state index in [2.05, 4.69) is 10.1 Å². The smallest absolute Gasteiger partial charge is 0.387 e. The Balaban J connectivity index is 1.95. The number of halogens is 3. The van der Waals surface area contributed by atoms with Crippen LogP contribution in [0.4, 0.5) is 23.7 Å². The van der Waals surface area contributed by atoms with Gasteiger partial charge in [-0.3, -0.25) is 0 Å². The lowest BCUT2D eigenvalue weighted by atomic mass is 9.99. The van der Waals surface area contributed by atoms with Crippen molar-refractivity contribution in [2.24, 2.45) is 5.92 Å². The summed E-state index contributed by atoms with van der Waals surface area (Å²) in [7, 11) is 1.62. The van der Waals surface area contributed by atoms with Crippen LogP contribution < -0.4 is 10.1 Å². The topological polar surface area (TPSA) is 50.8 Å². The van der Waals surface area contributed by atoms with Crippen LogP contribution in [0.25, 0.3) is 0 Å².